The zero-order valence-corrected chi connectivity index (χ0v) is 33.4. The number of pyridine rings is 1. The molecule has 1 N–H and O–H groups in total. The molecule has 2 heterocycles. The maximum absolute atomic E-state index is 11.4. The summed E-state index contributed by atoms with van der Waals surface area (Å²) in [5.41, 5.74) is 9.55. The van der Waals surface area contributed by atoms with Gasteiger partial charge in [-0.2, -0.15) is 0 Å². The number of imidazole rings is 1. The molecule has 0 amide bonds. The first-order valence-electron chi connectivity index (χ1n) is 24.6. The number of nitrogens with zero attached hydrogens (tertiary/aromatic N) is 3. The predicted octanol–water partition coefficient (Wildman–Crippen LogP) is 14.6. The lowest BCUT2D eigenvalue weighted by atomic mass is 9.86. The molecular formula is C56H49N3O. The van der Waals surface area contributed by atoms with Gasteiger partial charge in [-0.1, -0.05) is 150 Å². The first-order valence-corrected chi connectivity index (χ1v) is 20.1. The summed E-state index contributed by atoms with van der Waals surface area (Å²) in [7, 11) is 0. The third-order valence-corrected chi connectivity index (χ3v) is 10.9. The summed E-state index contributed by atoms with van der Waals surface area (Å²) in [6, 6.07) is 56.0. The van der Waals surface area contributed by atoms with Gasteiger partial charge in [-0.25, -0.2) is 4.98 Å². The van der Waals surface area contributed by atoms with Gasteiger partial charge in [0.15, 0.2) is 0 Å². The monoisotopic (exact) mass is 788 g/mol. The lowest BCUT2D eigenvalue weighted by Gasteiger charge is -2.19. The molecule has 0 fully saturated rings. The maximum atomic E-state index is 11.4. The second kappa shape index (κ2) is 16.0. The molecule has 0 saturated heterocycles. The highest BCUT2D eigenvalue weighted by Crippen LogP contribution is 2.41. The van der Waals surface area contributed by atoms with Gasteiger partial charge in [0.05, 0.1) is 22.3 Å². The van der Waals surface area contributed by atoms with Crippen LogP contribution in [0.5, 0.6) is 5.75 Å². The van der Waals surface area contributed by atoms with Crippen LogP contribution in [-0.4, -0.2) is 19.6 Å². The normalized spacial score (nSPS) is 14.6. The zero-order valence-electron chi connectivity index (χ0n) is 42.4. The van der Waals surface area contributed by atoms with E-state index in [2.05, 4.69) is 85.1 Å². The minimum Gasteiger partial charge on any atom is -0.507 e. The minimum absolute atomic E-state index is 0.110. The molecule has 0 aliphatic carbocycles. The van der Waals surface area contributed by atoms with E-state index < -0.39 is 26.0 Å². The van der Waals surface area contributed by atoms with E-state index in [0.29, 0.717) is 34.1 Å². The van der Waals surface area contributed by atoms with E-state index in [9.17, 15) is 5.11 Å². The van der Waals surface area contributed by atoms with E-state index in [1.165, 1.54) is 23.3 Å². The Morgan fingerprint density at radius 1 is 0.567 bits per heavy atom. The summed E-state index contributed by atoms with van der Waals surface area (Å²) in [6.45, 7) is -5.66. The Balaban J connectivity index is 1.20. The molecule has 0 unspecified atom stereocenters. The molecule has 2 aromatic heterocycles. The highest BCUT2D eigenvalue weighted by molar-refractivity contribution is 5.97. The van der Waals surface area contributed by atoms with Gasteiger partial charge in [-0.05, 0) is 128 Å². The minimum atomic E-state index is -3.37. The fourth-order valence-corrected chi connectivity index (χ4v) is 8.07. The Morgan fingerprint density at radius 2 is 1.23 bits per heavy atom. The van der Waals surface area contributed by atoms with Gasteiger partial charge in [0.1, 0.15) is 11.6 Å². The van der Waals surface area contributed by atoms with Crippen LogP contribution in [0.2, 0.25) is 0 Å². The maximum Gasteiger partial charge on any atom is 0.149 e. The van der Waals surface area contributed by atoms with Crippen molar-refractivity contribution in [1.29, 1.82) is 0 Å². The number of phenolic OH excluding ortho intramolecular Hbond substituents is 1. The van der Waals surface area contributed by atoms with Crippen molar-refractivity contribution in [3.05, 3.63) is 193 Å². The average Bonchev–Trinajstić information content (AvgIpc) is 3.71. The van der Waals surface area contributed by atoms with Crippen molar-refractivity contribution in [2.45, 2.75) is 46.2 Å². The zero-order chi connectivity index (χ0) is 48.9. The highest BCUT2D eigenvalue weighted by atomic mass is 16.3. The van der Waals surface area contributed by atoms with E-state index in [-0.39, 0.29) is 11.3 Å². The number of benzene rings is 7. The van der Waals surface area contributed by atoms with Crippen LogP contribution >= 0.6 is 0 Å². The van der Waals surface area contributed by atoms with E-state index in [1.807, 2.05) is 66.7 Å². The van der Waals surface area contributed by atoms with Gasteiger partial charge >= 0.3 is 0 Å². The smallest absolute Gasteiger partial charge is 0.149 e. The third kappa shape index (κ3) is 7.65. The summed E-state index contributed by atoms with van der Waals surface area (Å²) in [6.07, 6.45) is 2.53. The van der Waals surface area contributed by atoms with Crippen LogP contribution in [-0.2, 0) is 11.8 Å². The number of hydrogen-bond acceptors (Lipinski definition) is 3. The van der Waals surface area contributed by atoms with Gasteiger partial charge in [0, 0.05) is 35.3 Å². The Bertz CT molecular complexity index is 3270. The molecule has 4 heteroatoms. The Morgan fingerprint density at radius 3 is 1.97 bits per heavy atom. The summed E-state index contributed by atoms with van der Waals surface area (Å²) in [5, 5.41) is 11.4. The average molecular weight is 789 g/mol. The molecule has 4 nitrogen and oxygen atoms in total. The molecule has 9 rings (SSSR count). The molecule has 0 aliphatic heterocycles. The molecule has 7 aromatic carbocycles. The number of para-hydroxylation sites is 2. The van der Waals surface area contributed by atoms with Crippen molar-refractivity contribution in [1.82, 2.24) is 14.5 Å². The number of rotatable bonds is 9. The third-order valence-electron chi connectivity index (χ3n) is 10.9. The lowest BCUT2D eigenvalue weighted by Crippen LogP contribution is -2.10. The number of phenols is 1. The van der Waals surface area contributed by atoms with E-state index >= 15 is 0 Å². The predicted molar refractivity (Wildman–Crippen MR) is 250 cm³/mol. The Labute approximate surface area is 366 Å². The van der Waals surface area contributed by atoms with Crippen LogP contribution in [0.1, 0.15) is 57.9 Å². The van der Waals surface area contributed by atoms with Gasteiger partial charge in [-0.3, -0.25) is 9.55 Å². The molecule has 9 aromatic rings. The molecule has 0 saturated carbocycles. The first kappa shape index (κ1) is 29.2. The molecule has 0 bridgehead atoms. The highest BCUT2D eigenvalue weighted by Gasteiger charge is 2.22. The topological polar surface area (TPSA) is 50.9 Å². The molecule has 0 atom stereocenters. The number of aromatic hydroxyl groups is 1. The van der Waals surface area contributed by atoms with E-state index in [0.717, 1.165) is 56.5 Å². The summed E-state index contributed by atoms with van der Waals surface area (Å²) in [5.74, 6) is 1.10. The number of aromatic nitrogens is 3. The van der Waals surface area contributed by atoms with Crippen molar-refractivity contribution < 1.29 is 17.4 Å². The van der Waals surface area contributed by atoms with Crippen LogP contribution in [0.15, 0.2) is 182 Å². The molecule has 60 heavy (non-hydrogen) atoms. The van der Waals surface area contributed by atoms with Crippen LogP contribution in [0.25, 0.3) is 83.9 Å². The SMILES string of the molecule is [2H]C([2H])([2H])C(c1ccc(-c2ccnc(-c3cc(-c4ccccc4)cc(-c4cccc5c4nc(-c4ccccc4O)n5-c4ccc(-c5ccccc5)c(CC(C)C)c4)c3)c2)cc1)(C([2H])([2H])[2H])C([2H])([2H])[2H]. The van der Waals surface area contributed by atoms with Crippen molar-refractivity contribution >= 4 is 11.0 Å². The van der Waals surface area contributed by atoms with Gasteiger partial charge in [0.2, 0.25) is 0 Å². The molecule has 0 aliphatic rings. The standard InChI is InChI=1S/C56H49N3O/c1-37(2)31-43-35-47(27-28-48(43)40-17-10-7-11-18-40)59-52-21-14-20-49(54(52)58-55(59)50-19-12-13-22-53(50)60)44-32-42(38-15-8-6-9-16-38)33-45(34-44)51-36-41(29-30-57-51)39-23-25-46(26-24-39)56(3,4)5/h6-30,32-37,60H,31H2,1-5H3/i3D3,4D3,5D3. The van der Waals surface area contributed by atoms with Crippen LogP contribution in [0, 0.1) is 5.92 Å². The molecular weight excluding hydrogens is 731 g/mol. The first-order chi connectivity index (χ1) is 32.9. The largest absolute Gasteiger partial charge is 0.507 e. The van der Waals surface area contributed by atoms with Crippen LogP contribution in [0.4, 0.5) is 0 Å². The second-order valence-corrected chi connectivity index (χ2v) is 15.7. The Kier molecular flexibility index (Phi) is 7.77. The van der Waals surface area contributed by atoms with Gasteiger partial charge in [-0.15, -0.1) is 0 Å². The van der Waals surface area contributed by atoms with Crippen LogP contribution < -0.4 is 0 Å². The Hall–Kier alpha value is -7.04. The fraction of sp³-hybridized carbons (Fsp3) is 0.143. The molecule has 0 spiro atoms. The van der Waals surface area contributed by atoms with E-state index in [4.69, 9.17) is 22.3 Å². The number of fused-ring (bicyclic) bond motifs is 1. The quantitative estimate of drug-likeness (QED) is 0.158. The summed E-state index contributed by atoms with van der Waals surface area (Å²) in [4.78, 5) is 10.2. The van der Waals surface area contributed by atoms with Gasteiger partial charge in [0.25, 0.3) is 0 Å². The van der Waals surface area contributed by atoms with Crippen molar-refractivity contribution in [3.63, 3.8) is 0 Å². The summed E-state index contributed by atoms with van der Waals surface area (Å²) < 4.78 is 75.8. The van der Waals surface area contributed by atoms with Crippen molar-refractivity contribution in [3.8, 4) is 78.6 Å². The number of hydrogen-bond donors (Lipinski definition) is 1. The fourth-order valence-electron chi connectivity index (χ4n) is 8.07. The van der Waals surface area contributed by atoms with Crippen molar-refractivity contribution in [2.24, 2.45) is 5.92 Å². The molecule has 294 valence electrons. The lowest BCUT2D eigenvalue weighted by molar-refractivity contribution is 0.477. The molecule has 0 radical (unpaired) electrons. The van der Waals surface area contributed by atoms with Gasteiger partial charge < -0.3 is 5.11 Å². The van der Waals surface area contributed by atoms with Crippen LogP contribution in [0.3, 0.4) is 0 Å². The van der Waals surface area contributed by atoms with E-state index in [1.54, 1.807) is 36.5 Å². The van der Waals surface area contributed by atoms with Crippen molar-refractivity contribution in [2.75, 3.05) is 0 Å². The second-order valence-electron chi connectivity index (χ2n) is 15.7. The summed E-state index contributed by atoms with van der Waals surface area (Å²) >= 11 is 0.